The minimum atomic E-state index is -0.842. The first-order valence-corrected chi connectivity index (χ1v) is 11.1. The zero-order valence-corrected chi connectivity index (χ0v) is 19.0. The molecule has 0 bridgehead atoms. The average molecular weight is 456 g/mol. The van der Waals surface area contributed by atoms with E-state index in [9.17, 15) is 18.8 Å². The third-order valence-corrected chi connectivity index (χ3v) is 5.89. The van der Waals surface area contributed by atoms with Gasteiger partial charge in [-0.1, -0.05) is 29.8 Å². The van der Waals surface area contributed by atoms with Crippen LogP contribution in [0.3, 0.4) is 0 Å². The van der Waals surface area contributed by atoms with Crippen LogP contribution in [0.5, 0.6) is 0 Å². The molecular formula is C25H30FN3O4. The lowest BCUT2D eigenvalue weighted by Crippen LogP contribution is -2.54. The second-order valence-electron chi connectivity index (χ2n) is 8.21. The standard InChI is InChI=1S/C25H30FN3O4/c1-17-7-9-19(10-8-17)25(32)29-14-11-18(12-15-29)22(24(31)27-13-16-33-2)28-23(30)20-5-3-4-6-21(20)26/h3-10,18,22H,11-16H2,1-2H3,(H,27,31)(H,28,30)/t22-/m0/s1. The molecule has 0 saturated carbocycles. The molecule has 0 aromatic heterocycles. The number of hydrogen-bond donors (Lipinski definition) is 2. The molecule has 176 valence electrons. The highest BCUT2D eigenvalue weighted by Gasteiger charge is 2.34. The van der Waals surface area contributed by atoms with Gasteiger partial charge in [-0.3, -0.25) is 14.4 Å². The molecule has 1 aliphatic rings. The van der Waals surface area contributed by atoms with Crippen LogP contribution < -0.4 is 10.6 Å². The Morgan fingerprint density at radius 3 is 2.39 bits per heavy atom. The lowest BCUT2D eigenvalue weighted by Gasteiger charge is -2.36. The average Bonchev–Trinajstić information content (AvgIpc) is 2.83. The van der Waals surface area contributed by atoms with E-state index < -0.39 is 17.8 Å². The monoisotopic (exact) mass is 455 g/mol. The fourth-order valence-electron chi connectivity index (χ4n) is 3.96. The van der Waals surface area contributed by atoms with Crippen molar-refractivity contribution in [2.75, 3.05) is 33.4 Å². The van der Waals surface area contributed by atoms with Crippen LogP contribution in [-0.4, -0.2) is 62.0 Å². The van der Waals surface area contributed by atoms with Gasteiger partial charge in [-0.2, -0.15) is 0 Å². The Bertz CT molecular complexity index is 972. The summed E-state index contributed by atoms with van der Waals surface area (Å²) in [6.07, 6.45) is 1.08. The van der Waals surface area contributed by atoms with Crippen molar-refractivity contribution < 1.29 is 23.5 Å². The van der Waals surface area contributed by atoms with E-state index >= 15 is 0 Å². The van der Waals surface area contributed by atoms with Crippen molar-refractivity contribution >= 4 is 17.7 Å². The minimum Gasteiger partial charge on any atom is -0.383 e. The molecule has 1 heterocycles. The van der Waals surface area contributed by atoms with Gasteiger partial charge in [-0.25, -0.2) is 4.39 Å². The van der Waals surface area contributed by atoms with Gasteiger partial charge in [0.25, 0.3) is 11.8 Å². The Hall–Kier alpha value is -3.26. The van der Waals surface area contributed by atoms with E-state index in [-0.39, 0.29) is 23.3 Å². The second kappa shape index (κ2) is 11.6. The van der Waals surface area contributed by atoms with Crippen molar-refractivity contribution in [2.24, 2.45) is 5.92 Å². The molecule has 0 unspecified atom stereocenters. The second-order valence-corrected chi connectivity index (χ2v) is 8.21. The van der Waals surface area contributed by atoms with Crippen LogP contribution in [0.1, 0.15) is 39.1 Å². The number of likely N-dealkylation sites (tertiary alicyclic amines) is 1. The Morgan fingerprint density at radius 2 is 1.76 bits per heavy atom. The number of amides is 3. The van der Waals surface area contributed by atoms with Gasteiger partial charge in [-0.05, 0) is 49.9 Å². The van der Waals surface area contributed by atoms with Crippen LogP contribution >= 0.6 is 0 Å². The van der Waals surface area contributed by atoms with Gasteiger partial charge in [-0.15, -0.1) is 0 Å². The topological polar surface area (TPSA) is 87.7 Å². The fourth-order valence-corrected chi connectivity index (χ4v) is 3.96. The Morgan fingerprint density at radius 1 is 1.09 bits per heavy atom. The van der Waals surface area contributed by atoms with Gasteiger partial charge in [0.15, 0.2) is 0 Å². The summed E-state index contributed by atoms with van der Waals surface area (Å²) in [5, 5.41) is 5.48. The van der Waals surface area contributed by atoms with Crippen LogP contribution in [0.25, 0.3) is 0 Å². The molecule has 33 heavy (non-hydrogen) atoms. The largest absolute Gasteiger partial charge is 0.383 e. The van der Waals surface area contributed by atoms with Gasteiger partial charge in [0.05, 0.1) is 12.2 Å². The molecule has 3 amide bonds. The van der Waals surface area contributed by atoms with Crippen LogP contribution in [0.2, 0.25) is 0 Å². The summed E-state index contributed by atoms with van der Waals surface area (Å²) in [5.74, 6) is -1.87. The molecule has 2 aromatic carbocycles. The number of nitrogens with one attached hydrogen (secondary N) is 2. The number of benzene rings is 2. The van der Waals surface area contributed by atoms with Crippen LogP contribution in [0, 0.1) is 18.7 Å². The smallest absolute Gasteiger partial charge is 0.254 e. The van der Waals surface area contributed by atoms with E-state index in [1.165, 1.54) is 25.3 Å². The number of nitrogens with zero attached hydrogens (tertiary/aromatic N) is 1. The number of ether oxygens (including phenoxy) is 1. The van der Waals surface area contributed by atoms with Crippen molar-refractivity contribution in [3.05, 3.63) is 71.0 Å². The highest BCUT2D eigenvalue weighted by Crippen LogP contribution is 2.23. The highest BCUT2D eigenvalue weighted by atomic mass is 19.1. The molecule has 1 fully saturated rings. The van der Waals surface area contributed by atoms with E-state index in [1.807, 2.05) is 31.2 Å². The maximum Gasteiger partial charge on any atom is 0.254 e. The number of carbonyl (C=O) groups excluding carboxylic acids is 3. The molecule has 1 atom stereocenters. The first kappa shape index (κ1) is 24.4. The van der Waals surface area contributed by atoms with E-state index in [0.29, 0.717) is 44.6 Å². The SMILES string of the molecule is COCCNC(=O)[C@@H](NC(=O)c1ccccc1F)C1CCN(C(=O)c2ccc(C)cc2)CC1. The fraction of sp³-hybridized carbons (Fsp3) is 0.400. The van der Waals surface area contributed by atoms with Crippen molar-refractivity contribution in [3.63, 3.8) is 0 Å². The van der Waals surface area contributed by atoms with Crippen molar-refractivity contribution in [1.82, 2.24) is 15.5 Å². The van der Waals surface area contributed by atoms with Crippen LogP contribution in [0.15, 0.2) is 48.5 Å². The van der Waals surface area contributed by atoms with Gasteiger partial charge < -0.3 is 20.3 Å². The molecular weight excluding hydrogens is 425 g/mol. The van der Waals surface area contributed by atoms with E-state index in [2.05, 4.69) is 10.6 Å². The lowest BCUT2D eigenvalue weighted by atomic mass is 9.88. The molecule has 0 aliphatic carbocycles. The summed E-state index contributed by atoms with van der Waals surface area (Å²) in [7, 11) is 1.53. The molecule has 1 saturated heterocycles. The summed E-state index contributed by atoms with van der Waals surface area (Å²) in [6, 6.07) is 12.2. The summed E-state index contributed by atoms with van der Waals surface area (Å²) in [4.78, 5) is 40.2. The molecule has 2 aromatic rings. The van der Waals surface area contributed by atoms with Gasteiger partial charge in [0.1, 0.15) is 11.9 Å². The molecule has 8 heteroatoms. The van der Waals surface area contributed by atoms with E-state index in [0.717, 1.165) is 5.56 Å². The third kappa shape index (κ3) is 6.38. The maximum atomic E-state index is 14.1. The summed E-state index contributed by atoms with van der Waals surface area (Å²) in [5.41, 5.74) is 1.60. The highest BCUT2D eigenvalue weighted by molar-refractivity contribution is 5.98. The molecule has 3 rings (SSSR count). The minimum absolute atomic E-state index is 0.0510. The maximum absolute atomic E-state index is 14.1. The Balaban J connectivity index is 1.68. The zero-order valence-electron chi connectivity index (χ0n) is 19.0. The Labute approximate surface area is 193 Å². The first-order chi connectivity index (χ1) is 15.9. The summed E-state index contributed by atoms with van der Waals surface area (Å²) < 4.78 is 19.1. The molecule has 2 N–H and O–H groups in total. The number of carbonyl (C=O) groups is 3. The quantitative estimate of drug-likeness (QED) is 0.599. The van der Waals surface area contributed by atoms with E-state index in [1.54, 1.807) is 11.0 Å². The number of rotatable bonds is 8. The lowest BCUT2D eigenvalue weighted by molar-refractivity contribution is -0.124. The van der Waals surface area contributed by atoms with Crippen molar-refractivity contribution in [3.8, 4) is 0 Å². The van der Waals surface area contributed by atoms with E-state index in [4.69, 9.17) is 4.74 Å². The predicted molar refractivity (Wildman–Crippen MR) is 122 cm³/mol. The normalized spacial score (nSPS) is 15.1. The summed E-state index contributed by atoms with van der Waals surface area (Å²) in [6.45, 7) is 3.53. The van der Waals surface area contributed by atoms with Gasteiger partial charge in [0.2, 0.25) is 5.91 Å². The molecule has 7 nitrogen and oxygen atoms in total. The predicted octanol–water partition coefficient (Wildman–Crippen LogP) is 2.55. The number of halogens is 1. The zero-order chi connectivity index (χ0) is 23.8. The van der Waals surface area contributed by atoms with Crippen molar-refractivity contribution in [2.45, 2.75) is 25.8 Å². The molecule has 1 aliphatic heterocycles. The van der Waals surface area contributed by atoms with Gasteiger partial charge in [0, 0.05) is 32.3 Å². The molecule has 0 radical (unpaired) electrons. The van der Waals surface area contributed by atoms with Crippen molar-refractivity contribution in [1.29, 1.82) is 0 Å². The summed E-state index contributed by atoms with van der Waals surface area (Å²) >= 11 is 0. The number of hydrogen-bond acceptors (Lipinski definition) is 4. The Kier molecular flexibility index (Phi) is 8.54. The van der Waals surface area contributed by atoms with Crippen LogP contribution in [-0.2, 0) is 9.53 Å². The number of piperidine rings is 1. The third-order valence-electron chi connectivity index (χ3n) is 5.89. The number of methoxy groups -OCH3 is 1. The molecule has 0 spiro atoms. The first-order valence-electron chi connectivity index (χ1n) is 11.1. The van der Waals surface area contributed by atoms with Crippen LogP contribution in [0.4, 0.5) is 4.39 Å². The van der Waals surface area contributed by atoms with Gasteiger partial charge >= 0.3 is 0 Å². The number of aryl methyl sites for hydroxylation is 1.